The summed E-state index contributed by atoms with van der Waals surface area (Å²) in [5.74, 6) is 0. The molecule has 0 fully saturated rings. The van der Waals surface area contributed by atoms with E-state index in [-0.39, 0.29) is 0 Å². The van der Waals surface area contributed by atoms with Crippen LogP contribution < -0.4 is 30.5 Å². The fourth-order valence-corrected chi connectivity index (χ4v) is 19.9. The van der Waals surface area contributed by atoms with Crippen molar-refractivity contribution in [3.8, 4) is 11.1 Å². The smallest absolute Gasteiger partial charge is 0.184 e. The summed E-state index contributed by atoms with van der Waals surface area (Å²) < 4.78 is 21.0. The Bertz CT molecular complexity index is 5190. The minimum absolute atomic E-state index is 0.559. The van der Waals surface area contributed by atoms with E-state index >= 15 is 0 Å². The number of nitrogens with zero attached hydrogens (tertiary/aromatic N) is 2. The van der Waals surface area contributed by atoms with Crippen molar-refractivity contribution in [2.24, 2.45) is 0 Å². The van der Waals surface area contributed by atoms with Gasteiger partial charge < -0.3 is 23.1 Å². The lowest BCUT2D eigenvalue weighted by Gasteiger charge is -2.45. The normalized spacial score (nSPS) is 13.8. The Morgan fingerprint density at radius 3 is 1.46 bits per heavy atom. The molecule has 0 N–H and O–H groups in total. The lowest BCUT2D eigenvalue weighted by Crippen LogP contribution is -2.77. The predicted octanol–water partition coefficient (Wildman–Crippen LogP) is 18.4. The highest BCUT2D eigenvalue weighted by molar-refractivity contribution is 7.21. The van der Waals surface area contributed by atoms with E-state index in [9.17, 15) is 0 Å². The SMILES string of the molecule is c1ccc(N(c2ccc3c(c2)C(c2ccccc2)(c2ccccc2)c2ccccc2-3)c2ccc3c(c2)oc2cc4c(cc23)N(c2ccccc2)c2ccccc2[Si]4(c2ccc3c(c2)oc2ccccc23)c2ccc3c(c2)oc2ccccc23)cc1. The first-order valence-corrected chi connectivity index (χ1v) is 31.1. The number of fused-ring (bicyclic) bond motifs is 14. The van der Waals surface area contributed by atoms with Crippen LogP contribution in [0.2, 0.25) is 0 Å². The maximum absolute atomic E-state index is 7.40. The second kappa shape index (κ2) is 18.3. The summed E-state index contributed by atoms with van der Waals surface area (Å²) in [4.78, 5) is 4.85. The van der Waals surface area contributed by atoms with Gasteiger partial charge in [-0.2, -0.15) is 0 Å². The first-order valence-electron chi connectivity index (χ1n) is 29.1. The molecule has 0 saturated carbocycles. The number of anilines is 6. The summed E-state index contributed by atoms with van der Waals surface area (Å²) in [7, 11) is -3.39. The third-order valence-corrected chi connectivity index (χ3v) is 23.2. The van der Waals surface area contributed by atoms with Crippen molar-refractivity contribution in [3.63, 3.8) is 0 Å². The highest BCUT2D eigenvalue weighted by Crippen LogP contribution is 2.57. The van der Waals surface area contributed by atoms with E-state index in [4.69, 9.17) is 13.3 Å². The van der Waals surface area contributed by atoms with Gasteiger partial charge in [-0.1, -0.05) is 206 Å². The quantitative estimate of drug-likeness (QED) is 0.142. The highest BCUT2D eigenvalue weighted by atomic mass is 28.3. The van der Waals surface area contributed by atoms with Crippen LogP contribution in [0, 0.1) is 0 Å². The van der Waals surface area contributed by atoms with Gasteiger partial charge in [0.05, 0.1) is 5.41 Å². The van der Waals surface area contributed by atoms with Crippen LogP contribution in [0.1, 0.15) is 22.3 Å². The second-order valence-electron chi connectivity index (χ2n) is 22.6. The van der Waals surface area contributed by atoms with Crippen LogP contribution in [0.5, 0.6) is 0 Å². The number of benzene rings is 13. The van der Waals surface area contributed by atoms with Crippen molar-refractivity contribution < 1.29 is 13.3 Å². The van der Waals surface area contributed by atoms with Crippen molar-refractivity contribution in [3.05, 3.63) is 326 Å². The molecule has 0 saturated heterocycles. The van der Waals surface area contributed by atoms with Crippen molar-refractivity contribution in [2.75, 3.05) is 9.80 Å². The van der Waals surface area contributed by atoms with Crippen LogP contribution >= 0.6 is 0 Å². The zero-order chi connectivity index (χ0) is 55.8. The number of hydrogen-bond donors (Lipinski definition) is 0. The molecule has 1 aliphatic heterocycles. The maximum atomic E-state index is 7.40. The van der Waals surface area contributed by atoms with Crippen molar-refractivity contribution in [2.45, 2.75) is 5.41 Å². The molecule has 398 valence electrons. The van der Waals surface area contributed by atoms with Gasteiger partial charge in [-0.25, -0.2) is 0 Å². The zero-order valence-corrected chi connectivity index (χ0v) is 47.0. The van der Waals surface area contributed by atoms with E-state index in [1.807, 2.05) is 12.1 Å². The number of para-hydroxylation sites is 5. The van der Waals surface area contributed by atoms with E-state index in [1.54, 1.807) is 0 Å². The lowest BCUT2D eigenvalue weighted by atomic mass is 9.67. The van der Waals surface area contributed by atoms with Crippen LogP contribution in [0.25, 0.3) is 76.9 Å². The number of rotatable bonds is 8. The molecule has 5 nitrogen and oxygen atoms in total. The second-order valence-corrected chi connectivity index (χ2v) is 26.4. The molecule has 6 heteroatoms. The van der Waals surface area contributed by atoms with E-state index in [0.29, 0.717) is 0 Å². The highest BCUT2D eigenvalue weighted by Gasteiger charge is 2.51. The molecule has 0 radical (unpaired) electrons. The van der Waals surface area contributed by atoms with Gasteiger partial charge in [0.2, 0.25) is 0 Å². The summed E-state index contributed by atoms with van der Waals surface area (Å²) in [6.07, 6.45) is 0. The molecule has 85 heavy (non-hydrogen) atoms. The summed E-state index contributed by atoms with van der Waals surface area (Å²) in [6.45, 7) is 0. The minimum atomic E-state index is -3.39. The van der Waals surface area contributed by atoms with Gasteiger partial charge in [0.15, 0.2) is 8.07 Å². The molecule has 2 aliphatic rings. The van der Waals surface area contributed by atoms with Crippen molar-refractivity contribution in [1.82, 2.24) is 0 Å². The zero-order valence-electron chi connectivity index (χ0n) is 46.0. The van der Waals surface area contributed by atoms with E-state index < -0.39 is 13.5 Å². The molecule has 0 atom stereocenters. The minimum Gasteiger partial charge on any atom is -0.456 e. The third kappa shape index (κ3) is 6.80. The Morgan fingerprint density at radius 2 is 0.776 bits per heavy atom. The summed E-state index contributed by atoms with van der Waals surface area (Å²) in [5.41, 5.74) is 18.4. The third-order valence-electron chi connectivity index (χ3n) is 18.4. The van der Waals surface area contributed by atoms with Gasteiger partial charge in [-0.15, -0.1) is 0 Å². The summed E-state index contributed by atoms with van der Waals surface area (Å²) in [5, 5.41) is 11.3. The molecule has 13 aromatic carbocycles. The molecule has 0 spiro atoms. The Kier molecular flexibility index (Phi) is 10.3. The molecule has 0 unspecified atom stereocenters. The van der Waals surface area contributed by atoms with Crippen LogP contribution in [0.3, 0.4) is 0 Å². The average Bonchev–Trinajstić information content (AvgIpc) is 1.79. The topological polar surface area (TPSA) is 45.9 Å². The molecule has 18 rings (SSSR count). The van der Waals surface area contributed by atoms with Crippen molar-refractivity contribution in [1.29, 1.82) is 0 Å². The largest absolute Gasteiger partial charge is 0.456 e. The van der Waals surface area contributed by atoms with E-state index in [2.05, 4.69) is 301 Å². The van der Waals surface area contributed by atoms with E-state index in [1.165, 1.54) is 54.1 Å². The molecular formula is C79H50N2O3Si. The van der Waals surface area contributed by atoms with E-state index in [0.717, 1.165) is 99.9 Å². The Hall–Kier alpha value is -10.9. The molecule has 0 bridgehead atoms. The van der Waals surface area contributed by atoms with Gasteiger partial charge >= 0.3 is 0 Å². The molecule has 4 heterocycles. The molecule has 1 aliphatic carbocycles. The van der Waals surface area contributed by atoms with Gasteiger partial charge in [-0.3, -0.25) is 0 Å². The van der Waals surface area contributed by atoms with Crippen molar-refractivity contribution >= 4 is 129 Å². The monoisotopic (exact) mass is 1100 g/mol. The Balaban J connectivity index is 0.883. The van der Waals surface area contributed by atoms with Crippen LogP contribution in [-0.2, 0) is 5.41 Å². The first-order chi connectivity index (χ1) is 42.1. The maximum Gasteiger partial charge on any atom is 0.184 e. The Morgan fingerprint density at radius 1 is 0.294 bits per heavy atom. The van der Waals surface area contributed by atoms with Crippen LogP contribution in [0.15, 0.2) is 317 Å². The van der Waals surface area contributed by atoms with Crippen LogP contribution in [-0.4, -0.2) is 8.07 Å². The fraction of sp³-hybridized carbons (Fsp3) is 0.0127. The summed E-state index contributed by atoms with van der Waals surface area (Å²) >= 11 is 0. The standard InChI is InChI=1S/C79H50N2O3Si/c1-5-21-51(22-6-1)79(52-23-7-2-8-24-52)67-32-16-13-29-59(67)60-41-37-55(45-68(60)79)80(53-25-9-3-10-26-53)56-38-42-65-66-49-70-78(50-76(66)84-73(65)46-56)85(57-39-43-63-61-30-14-18-34-71(61)82-74(63)47-57,58-40-44-64-62-31-15-19-35-72(62)83-75(64)48-58)77-36-20-17-33-69(77)81(70)54-27-11-4-12-28-54/h1-50H. The van der Waals surface area contributed by atoms with Crippen LogP contribution in [0.4, 0.5) is 34.1 Å². The summed E-state index contributed by atoms with van der Waals surface area (Å²) in [6, 6.07) is 111. The van der Waals surface area contributed by atoms with Gasteiger partial charge in [0, 0.05) is 72.5 Å². The molecule has 3 aromatic heterocycles. The average molecular weight is 1100 g/mol. The fourth-order valence-electron chi connectivity index (χ4n) is 14.8. The Labute approximate surface area is 491 Å². The molecule has 0 amide bonds. The predicted molar refractivity (Wildman–Crippen MR) is 352 cm³/mol. The lowest BCUT2D eigenvalue weighted by molar-refractivity contribution is 0.669. The van der Waals surface area contributed by atoms with Gasteiger partial charge in [-0.05, 0) is 145 Å². The number of hydrogen-bond acceptors (Lipinski definition) is 5. The first kappa shape index (κ1) is 47.7. The van der Waals surface area contributed by atoms with Gasteiger partial charge in [0.25, 0.3) is 0 Å². The number of furan rings is 3. The molecule has 16 aromatic rings. The molecular weight excluding hydrogens is 1050 g/mol. The van der Waals surface area contributed by atoms with Gasteiger partial charge in [0.1, 0.15) is 33.5 Å².